The maximum atomic E-state index is 12.3. The minimum atomic E-state index is -0.831. The molecule has 0 saturated carbocycles. The summed E-state index contributed by atoms with van der Waals surface area (Å²) in [5.41, 5.74) is 0.872. The van der Waals surface area contributed by atoms with Crippen LogP contribution in [0.2, 0.25) is 5.02 Å². The number of piperidine rings is 1. The second-order valence-corrected chi connectivity index (χ2v) is 10.3. The molecule has 2 aliphatic heterocycles. The summed E-state index contributed by atoms with van der Waals surface area (Å²) in [5.74, 6) is 0.749. The second-order valence-electron chi connectivity index (χ2n) is 7.90. The van der Waals surface area contributed by atoms with Crippen LogP contribution in [0.4, 0.5) is 10.5 Å². The summed E-state index contributed by atoms with van der Waals surface area (Å²) in [6.45, 7) is 2.67. The standard InChI is InChI=1S/C22H25ClN2O4.CHCl3/c1-28-19-8-6-18(7-9-19)25-15-20(29-21(25)26)14-24-12-10-22(27,11-13-24)16-2-4-17(23)5-3-16;2-1(3)4/h2-9,20,27H,10-15H2,1H3;1H. The van der Waals surface area contributed by atoms with E-state index in [9.17, 15) is 9.90 Å². The average molecular weight is 536 g/mol. The second kappa shape index (κ2) is 11.8. The van der Waals surface area contributed by atoms with Gasteiger partial charge in [-0.25, -0.2) is 4.79 Å². The highest BCUT2D eigenvalue weighted by Gasteiger charge is 2.37. The fraction of sp³-hybridized carbons (Fsp3) is 0.435. The molecule has 33 heavy (non-hydrogen) atoms. The number of benzene rings is 2. The molecule has 0 aromatic heterocycles. The van der Waals surface area contributed by atoms with E-state index in [1.54, 1.807) is 12.0 Å². The molecular formula is C23H26Cl4N2O4. The summed E-state index contributed by atoms with van der Waals surface area (Å²) in [6.07, 6.45) is 0.760. The molecule has 0 spiro atoms. The molecule has 2 heterocycles. The Morgan fingerprint density at radius 1 is 1.09 bits per heavy atom. The van der Waals surface area contributed by atoms with Crippen molar-refractivity contribution in [3.8, 4) is 5.75 Å². The van der Waals surface area contributed by atoms with Crippen LogP contribution >= 0.6 is 46.4 Å². The van der Waals surface area contributed by atoms with Crippen LogP contribution < -0.4 is 9.64 Å². The lowest BCUT2D eigenvalue weighted by molar-refractivity contribution is -0.0324. The fourth-order valence-corrected chi connectivity index (χ4v) is 4.16. The zero-order valence-electron chi connectivity index (χ0n) is 18.1. The van der Waals surface area contributed by atoms with Crippen LogP contribution in [0.15, 0.2) is 48.5 Å². The number of alkyl halides is 3. The van der Waals surface area contributed by atoms with Gasteiger partial charge in [0, 0.05) is 30.3 Å². The van der Waals surface area contributed by atoms with Gasteiger partial charge in [0.15, 0.2) is 4.30 Å². The van der Waals surface area contributed by atoms with E-state index in [1.807, 2.05) is 48.5 Å². The third kappa shape index (κ3) is 7.28. The van der Waals surface area contributed by atoms with Crippen molar-refractivity contribution in [3.63, 3.8) is 0 Å². The molecule has 2 saturated heterocycles. The van der Waals surface area contributed by atoms with Crippen LogP contribution in [0, 0.1) is 0 Å². The van der Waals surface area contributed by atoms with E-state index >= 15 is 0 Å². The molecule has 0 radical (unpaired) electrons. The number of aliphatic hydroxyl groups is 1. The first kappa shape index (κ1) is 26.2. The zero-order chi connectivity index (χ0) is 24.0. The number of hydrogen-bond donors (Lipinski definition) is 1. The molecule has 4 rings (SSSR count). The lowest BCUT2D eigenvalue weighted by atomic mass is 9.84. The Morgan fingerprint density at radius 3 is 2.21 bits per heavy atom. The van der Waals surface area contributed by atoms with Gasteiger partial charge in [0.05, 0.1) is 19.3 Å². The van der Waals surface area contributed by atoms with Crippen molar-refractivity contribution in [2.75, 3.05) is 38.2 Å². The van der Waals surface area contributed by atoms with Crippen molar-refractivity contribution in [2.45, 2.75) is 28.8 Å². The maximum Gasteiger partial charge on any atom is 0.414 e. The SMILES string of the molecule is COc1ccc(N2CC(CN3CCC(O)(c4ccc(Cl)cc4)CC3)OC2=O)cc1.ClC(Cl)Cl. The number of carbonyl (C=O) groups is 1. The van der Waals surface area contributed by atoms with E-state index < -0.39 is 9.90 Å². The number of ether oxygens (including phenoxy) is 2. The molecule has 2 aromatic carbocycles. The molecule has 1 atom stereocenters. The molecule has 180 valence electrons. The largest absolute Gasteiger partial charge is 0.497 e. The molecule has 2 aromatic rings. The zero-order valence-corrected chi connectivity index (χ0v) is 21.1. The molecule has 0 aliphatic carbocycles. The minimum Gasteiger partial charge on any atom is -0.497 e. The highest BCUT2D eigenvalue weighted by atomic mass is 35.6. The number of anilines is 1. The number of methoxy groups -OCH3 is 1. The van der Waals surface area contributed by atoms with Crippen molar-refractivity contribution < 1.29 is 19.4 Å². The van der Waals surface area contributed by atoms with Gasteiger partial charge in [0.25, 0.3) is 0 Å². The van der Waals surface area contributed by atoms with Gasteiger partial charge in [-0.05, 0) is 54.8 Å². The lowest BCUT2D eigenvalue weighted by Gasteiger charge is -2.39. The number of halogens is 4. The van der Waals surface area contributed by atoms with Gasteiger partial charge in [0.1, 0.15) is 11.9 Å². The van der Waals surface area contributed by atoms with Crippen LogP contribution in [0.1, 0.15) is 18.4 Å². The highest BCUT2D eigenvalue weighted by Crippen LogP contribution is 2.34. The first-order valence-corrected chi connectivity index (χ1v) is 12.1. The Balaban J connectivity index is 0.000000709. The van der Waals surface area contributed by atoms with Crippen LogP contribution in [0.5, 0.6) is 5.75 Å². The minimum absolute atomic E-state index is 0.189. The quantitative estimate of drug-likeness (QED) is 0.502. The number of likely N-dealkylation sites (tertiary alicyclic amines) is 1. The Morgan fingerprint density at radius 2 is 1.67 bits per heavy atom. The summed E-state index contributed by atoms with van der Waals surface area (Å²) in [5, 5.41) is 11.7. The first-order chi connectivity index (χ1) is 15.7. The third-order valence-corrected chi connectivity index (χ3v) is 6.04. The van der Waals surface area contributed by atoms with E-state index in [2.05, 4.69) is 4.90 Å². The van der Waals surface area contributed by atoms with Gasteiger partial charge in [-0.3, -0.25) is 9.80 Å². The van der Waals surface area contributed by atoms with Gasteiger partial charge < -0.3 is 14.6 Å². The van der Waals surface area contributed by atoms with E-state index in [0.717, 1.165) is 30.1 Å². The topological polar surface area (TPSA) is 62.2 Å². The Kier molecular flexibility index (Phi) is 9.39. The Labute approximate surface area is 213 Å². The predicted octanol–water partition coefficient (Wildman–Crippen LogP) is 5.64. The average Bonchev–Trinajstić information content (AvgIpc) is 3.15. The Hall–Kier alpha value is -1.41. The number of nitrogens with zero attached hydrogens (tertiary/aromatic N) is 2. The summed E-state index contributed by atoms with van der Waals surface area (Å²) in [7, 11) is 1.61. The number of rotatable bonds is 5. The van der Waals surface area contributed by atoms with Crippen molar-refractivity contribution in [1.29, 1.82) is 0 Å². The molecule has 6 nitrogen and oxygen atoms in total. The van der Waals surface area contributed by atoms with E-state index in [4.69, 9.17) is 55.9 Å². The van der Waals surface area contributed by atoms with Crippen molar-refractivity contribution >= 4 is 58.2 Å². The molecule has 10 heteroatoms. The first-order valence-electron chi connectivity index (χ1n) is 10.5. The highest BCUT2D eigenvalue weighted by molar-refractivity contribution is 6.63. The molecular weight excluding hydrogens is 510 g/mol. The van der Waals surface area contributed by atoms with Crippen molar-refractivity contribution in [1.82, 2.24) is 4.90 Å². The molecule has 2 fully saturated rings. The van der Waals surface area contributed by atoms with Crippen LogP contribution in [0.25, 0.3) is 0 Å². The van der Waals surface area contributed by atoms with Gasteiger partial charge in [-0.15, -0.1) is 0 Å². The monoisotopic (exact) mass is 534 g/mol. The molecule has 1 unspecified atom stereocenters. The van der Waals surface area contributed by atoms with Gasteiger partial charge >= 0.3 is 6.09 Å². The van der Waals surface area contributed by atoms with Crippen LogP contribution in [-0.4, -0.2) is 59.8 Å². The molecule has 1 N–H and O–H groups in total. The van der Waals surface area contributed by atoms with Gasteiger partial charge in [-0.1, -0.05) is 58.5 Å². The van der Waals surface area contributed by atoms with E-state index in [0.29, 0.717) is 31.0 Å². The molecule has 1 amide bonds. The molecule has 2 aliphatic rings. The summed E-state index contributed by atoms with van der Waals surface area (Å²) >= 11 is 20.4. The normalized spacial score (nSPS) is 20.3. The summed E-state index contributed by atoms with van der Waals surface area (Å²) < 4.78 is 9.99. The van der Waals surface area contributed by atoms with Crippen LogP contribution in [0.3, 0.4) is 0 Å². The number of amides is 1. The summed E-state index contributed by atoms with van der Waals surface area (Å²) in [6, 6.07) is 14.8. The van der Waals surface area contributed by atoms with Crippen molar-refractivity contribution in [2.24, 2.45) is 0 Å². The molecule has 0 bridgehead atoms. The van der Waals surface area contributed by atoms with E-state index in [-0.39, 0.29) is 12.2 Å². The third-order valence-electron chi connectivity index (χ3n) is 5.78. The van der Waals surface area contributed by atoms with Crippen molar-refractivity contribution in [3.05, 3.63) is 59.1 Å². The predicted molar refractivity (Wildman–Crippen MR) is 133 cm³/mol. The fourth-order valence-electron chi connectivity index (χ4n) is 4.03. The number of cyclic esters (lactones) is 1. The number of carbonyl (C=O) groups excluding carboxylic acids is 1. The van der Waals surface area contributed by atoms with E-state index in [1.165, 1.54) is 0 Å². The Bertz CT molecular complexity index is 901. The smallest absolute Gasteiger partial charge is 0.414 e. The van der Waals surface area contributed by atoms with Gasteiger partial charge in [0.2, 0.25) is 0 Å². The lowest BCUT2D eigenvalue weighted by Crippen LogP contribution is -2.45. The van der Waals surface area contributed by atoms with Gasteiger partial charge in [-0.2, -0.15) is 0 Å². The maximum absolute atomic E-state index is 12.3. The van der Waals surface area contributed by atoms with Crippen LogP contribution in [-0.2, 0) is 10.3 Å². The summed E-state index contributed by atoms with van der Waals surface area (Å²) in [4.78, 5) is 16.2. The number of hydrogen-bond acceptors (Lipinski definition) is 5.